The molecule has 2 atom stereocenters. The van der Waals surface area contributed by atoms with E-state index in [1.807, 2.05) is 37.3 Å². The van der Waals surface area contributed by atoms with Crippen molar-refractivity contribution in [3.63, 3.8) is 0 Å². The summed E-state index contributed by atoms with van der Waals surface area (Å²) in [5.74, 6) is -0.979. The molecule has 1 aromatic heterocycles. The van der Waals surface area contributed by atoms with Crippen LogP contribution in [0.15, 0.2) is 60.7 Å². The van der Waals surface area contributed by atoms with E-state index in [1.54, 1.807) is 18.2 Å². The summed E-state index contributed by atoms with van der Waals surface area (Å²) in [4.78, 5) is 20.0. The Kier molecular flexibility index (Phi) is 7.23. The van der Waals surface area contributed by atoms with Gasteiger partial charge in [-0.3, -0.25) is 4.79 Å². The summed E-state index contributed by atoms with van der Waals surface area (Å²) in [7, 11) is 0. The molecule has 2 aromatic carbocycles. The number of benzene rings is 2. The summed E-state index contributed by atoms with van der Waals surface area (Å²) < 4.78 is 13.4. The Bertz CT molecular complexity index is 1070. The number of rotatable bonds is 8. The number of aryl methyl sites for hydroxylation is 1. The third kappa shape index (κ3) is 6.04. The van der Waals surface area contributed by atoms with Gasteiger partial charge in [0.25, 0.3) is 0 Å². The summed E-state index contributed by atoms with van der Waals surface area (Å²) in [6.45, 7) is 1.81. The summed E-state index contributed by atoms with van der Waals surface area (Å²) in [5.41, 5.74) is 3.38. The molecule has 0 aliphatic carbocycles. The number of halogens is 1. The van der Waals surface area contributed by atoms with E-state index in [0.717, 1.165) is 5.56 Å². The van der Waals surface area contributed by atoms with Gasteiger partial charge in [-0.05, 0) is 31.2 Å². The van der Waals surface area contributed by atoms with Crippen LogP contribution in [-0.2, 0) is 4.79 Å². The van der Waals surface area contributed by atoms with Crippen LogP contribution in [0.3, 0.4) is 0 Å². The lowest BCUT2D eigenvalue weighted by molar-refractivity contribution is -0.139. The summed E-state index contributed by atoms with van der Waals surface area (Å²) in [5, 5.41) is 28.7. The van der Waals surface area contributed by atoms with Crippen molar-refractivity contribution in [2.24, 2.45) is 0 Å². The SMILES string of the molecule is Cc1nc(-c2ccccc2)nc(-c2ccc(F)cc2)c1/C=C/[C@@H](O)C[C@@H](O)CC(=O)O. The fourth-order valence-corrected chi connectivity index (χ4v) is 3.17. The van der Waals surface area contributed by atoms with E-state index >= 15 is 0 Å². The predicted octanol–water partition coefficient (Wildman–Crippen LogP) is 3.86. The molecule has 0 unspecified atom stereocenters. The Balaban J connectivity index is 1.98. The van der Waals surface area contributed by atoms with E-state index in [0.29, 0.717) is 28.3 Å². The fourth-order valence-electron chi connectivity index (χ4n) is 3.17. The molecule has 0 amide bonds. The Morgan fingerprint density at radius 2 is 1.71 bits per heavy atom. The molecular weight excluding hydrogens is 399 g/mol. The molecule has 3 rings (SSSR count). The molecule has 31 heavy (non-hydrogen) atoms. The highest BCUT2D eigenvalue weighted by molar-refractivity contribution is 5.75. The van der Waals surface area contributed by atoms with Gasteiger partial charge in [0.2, 0.25) is 0 Å². The highest BCUT2D eigenvalue weighted by Crippen LogP contribution is 2.28. The highest BCUT2D eigenvalue weighted by atomic mass is 19.1. The maximum atomic E-state index is 13.4. The molecule has 1 heterocycles. The second-order valence-corrected chi connectivity index (χ2v) is 7.18. The van der Waals surface area contributed by atoms with Crippen LogP contribution < -0.4 is 0 Å². The normalized spacial score (nSPS) is 13.3. The average molecular weight is 422 g/mol. The van der Waals surface area contributed by atoms with Gasteiger partial charge in [0, 0.05) is 28.8 Å². The maximum Gasteiger partial charge on any atom is 0.305 e. The van der Waals surface area contributed by atoms with Gasteiger partial charge in [-0.2, -0.15) is 0 Å². The fraction of sp³-hybridized carbons (Fsp3) is 0.208. The second kappa shape index (κ2) is 10.1. The summed E-state index contributed by atoms with van der Waals surface area (Å²) >= 11 is 0. The van der Waals surface area contributed by atoms with Gasteiger partial charge in [0.15, 0.2) is 5.82 Å². The molecule has 3 aromatic rings. The zero-order chi connectivity index (χ0) is 22.4. The molecule has 0 saturated carbocycles. The largest absolute Gasteiger partial charge is 0.481 e. The number of aromatic nitrogens is 2. The molecule has 0 bridgehead atoms. The second-order valence-electron chi connectivity index (χ2n) is 7.18. The smallest absolute Gasteiger partial charge is 0.305 e. The van der Waals surface area contributed by atoms with Crippen LogP contribution in [0.1, 0.15) is 24.1 Å². The van der Waals surface area contributed by atoms with Crippen LogP contribution in [0.25, 0.3) is 28.7 Å². The molecule has 160 valence electrons. The number of carboxylic acid groups (broad SMARTS) is 1. The highest BCUT2D eigenvalue weighted by Gasteiger charge is 2.16. The Hall–Kier alpha value is -3.42. The lowest BCUT2D eigenvalue weighted by atomic mass is 10.0. The van der Waals surface area contributed by atoms with E-state index in [-0.39, 0.29) is 12.2 Å². The molecule has 6 nitrogen and oxygen atoms in total. The van der Waals surface area contributed by atoms with Gasteiger partial charge in [-0.1, -0.05) is 42.5 Å². The monoisotopic (exact) mass is 422 g/mol. The van der Waals surface area contributed by atoms with E-state index in [2.05, 4.69) is 9.97 Å². The van der Waals surface area contributed by atoms with Gasteiger partial charge < -0.3 is 15.3 Å². The first-order chi connectivity index (χ1) is 14.8. The van der Waals surface area contributed by atoms with E-state index in [4.69, 9.17) is 5.11 Å². The van der Waals surface area contributed by atoms with Crippen molar-refractivity contribution in [1.82, 2.24) is 9.97 Å². The van der Waals surface area contributed by atoms with Crippen LogP contribution in [0.2, 0.25) is 0 Å². The molecular formula is C24H23FN2O4. The van der Waals surface area contributed by atoms with Crippen molar-refractivity contribution in [3.8, 4) is 22.6 Å². The average Bonchev–Trinajstić information content (AvgIpc) is 2.73. The summed E-state index contributed by atoms with van der Waals surface area (Å²) in [6.07, 6.45) is 0.332. The van der Waals surface area contributed by atoms with Gasteiger partial charge in [0.1, 0.15) is 5.82 Å². The quantitative estimate of drug-likeness (QED) is 0.509. The van der Waals surface area contributed by atoms with Crippen LogP contribution in [0.5, 0.6) is 0 Å². The minimum absolute atomic E-state index is 0.114. The van der Waals surface area contributed by atoms with Gasteiger partial charge >= 0.3 is 5.97 Å². The van der Waals surface area contributed by atoms with E-state index in [9.17, 15) is 19.4 Å². The maximum absolute atomic E-state index is 13.4. The van der Waals surface area contributed by atoms with Gasteiger partial charge in [0.05, 0.1) is 24.3 Å². The zero-order valence-electron chi connectivity index (χ0n) is 16.9. The van der Waals surface area contributed by atoms with Crippen molar-refractivity contribution in [1.29, 1.82) is 0 Å². The molecule has 0 radical (unpaired) electrons. The minimum atomic E-state index is -1.16. The van der Waals surface area contributed by atoms with Gasteiger partial charge in [-0.15, -0.1) is 0 Å². The van der Waals surface area contributed by atoms with Crippen molar-refractivity contribution in [3.05, 3.63) is 77.7 Å². The first kappa shape index (κ1) is 22.3. The number of aliphatic carboxylic acids is 1. The first-order valence-electron chi connectivity index (χ1n) is 9.79. The van der Waals surface area contributed by atoms with Gasteiger partial charge in [-0.25, -0.2) is 14.4 Å². The Morgan fingerprint density at radius 3 is 2.35 bits per heavy atom. The summed E-state index contributed by atoms with van der Waals surface area (Å²) in [6, 6.07) is 15.4. The lowest BCUT2D eigenvalue weighted by Gasteiger charge is -2.13. The van der Waals surface area contributed by atoms with Crippen molar-refractivity contribution < 1.29 is 24.5 Å². The van der Waals surface area contributed by atoms with E-state index in [1.165, 1.54) is 18.2 Å². The topological polar surface area (TPSA) is 104 Å². The Labute approximate surface area is 179 Å². The number of aliphatic hydroxyl groups is 2. The van der Waals surface area contributed by atoms with E-state index < -0.39 is 24.6 Å². The molecule has 0 saturated heterocycles. The number of hydrogen-bond donors (Lipinski definition) is 3. The third-order valence-corrected chi connectivity index (χ3v) is 4.69. The van der Waals surface area contributed by atoms with Crippen molar-refractivity contribution >= 4 is 12.0 Å². The van der Waals surface area contributed by atoms with Crippen LogP contribution >= 0.6 is 0 Å². The lowest BCUT2D eigenvalue weighted by Crippen LogP contribution is -2.19. The molecule has 3 N–H and O–H groups in total. The van der Waals surface area contributed by atoms with Crippen LogP contribution in [0, 0.1) is 12.7 Å². The van der Waals surface area contributed by atoms with Crippen molar-refractivity contribution in [2.75, 3.05) is 0 Å². The minimum Gasteiger partial charge on any atom is -0.481 e. The zero-order valence-corrected chi connectivity index (χ0v) is 16.9. The number of nitrogens with zero attached hydrogens (tertiary/aromatic N) is 2. The number of carbonyl (C=O) groups is 1. The standard InChI is InChI=1S/C24H23FN2O4/c1-15-21(12-11-19(28)13-20(29)14-22(30)31)23(16-7-9-18(25)10-8-16)27-24(26-15)17-5-3-2-4-6-17/h2-12,19-20,28-29H,13-14H2,1H3,(H,30,31)/b12-11+/t19-,20-/m1/s1. The first-order valence-corrected chi connectivity index (χ1v) is 9.79. The predicted molar refractivity (Wildman–Crippen MR) is 116 cm³/mol. The Morgan fingerprint density at radius 1 is 1.03 bits per heavy atom. The number of carboxylic acids is 1. The third-order valence-electron chi connectivity index (χ3n) is 4.69. The number of aliphatic hydroxyl groups excluding tert-OH is 2. The molecule has 0 aliphatic heterocycles. The number of hydrogen-bond acceptors (Lipinski definition) is 5. The molecule has 0 fully saturated rings. The molecule has 0 spiro atoms. The van der Waals surface area contributed by atoms with Crippen LogP contribution in [-0.4, -0.2) is 43.5 Å². The van der Waals surface area contributed by atoms with Crippen LogP contribution in [0.4, 0.5) is 4.39 Å². The molecule has 7 heteroatoms. The van der Waals surface area contributed by atoms with Crippen molar-refractivity contribution in [2.45, 2.75) is 32.0 Å². The molecule has 0 aliphatic rings.